The summed E-state index contributed by atoms with van der Waals surface area (Å²) in [6.07, 6.45) is 3.76. The van der Waals surface area contributed by atoms with Gasteiger partial charge in [-0.15, -0.1) is 0 Å². The van der Waals surface area contributed by atoms with Crippen LogP contribution in [0.4, 0.5) is 0 Å². The Bertz CT molecular complexity index is 228. The first kappa shape index (κ1) is 14.3. The highest BCUT2D eigenvalue weighted by Gasteiger charge is 2.23. The van der Waals surface area contributed by atoms with Gasteiger partial charge in [0.25, 0.3) is 0 Å². The molecule has 3 nitrogen and oxygen atoms in total. The highest BCUT2D eigenvalue weighted by atomic mass is 15.3. The molecule has 3 heteroatoms. The highest BCUT2D eigenvalue weighted by Crippen LogP contribution is 2.20. The smallest absolute Gasteiger partial charge is 0.193 e. The fourth-order valence-corrected chi connectivity index (χ4v) is 2.60. The first-order valence-corrected chi connectivity index (χ1v) is 7.20. The zero-order valence-electron chi connectivity index (χ0n) is 12.0. The summed E-state index contributed by atoms with van der Waals surface area (Å²) in [5.74, 6) is 2.70. The second-order valence-electron chi connectivity index (χ2n) is 5.44. The van der Waals surface area contributed by atoms with E-state index in [-0.39, 0.29) is 0 Å². The van der Waals surface area contributed by atoms with Crippen molar-refractivity contribution in [3.05, 3.63) is 0 Å². The lowest BCUT2D eigenvalue weighted by Crippen LogP contribution is -2.48. The van der Waals surface area contributed by atoms with Crippen LogP contribution in [-0.4, -0.2) is 37.0 Å². The molecule has 0 bridgehead atoms. The average molecular weight is 239 g/mol. The lowest BCUT2D eigenvalue weighted by atomic mass is 9.92. The Balaban J connectivity index is 2.58. The van der Waals surface area contributed by atoms with Gasteiger partial charge >= 0.3 is 0 Å². The summed E-state index contributed by atoms with van der Waals surface area (Å²) in [6.45, 7) is 13.3. The van der Waals surface area contributed by atoms with E-state index in [1.807, 2.05) is 0 Å². The first-order chi connectivity index (χ1) is 8.17. The minimum atomic E-state index is 0.786. The number of nitrogens with zero attached hydrogens (tertiary/aromatic N) is 2. The summed E-state index contributed by atoms with van der Waals surface area (Å²) in [5, 5.41) is 3.43. The van der Waals surface area contributed by atoms with Gasteiger partial charge in [-0.05, 0) is 31.6 Å². The molecule has 1 aliphatic heterocycles. The van der Waals surface area contributed by atoms with Gasteiger partial charge in [0.15, 0.2) is 5.96 Å². The van der Waals surface area contributed by atoms with Gasteiger partial charge in [-0.25, -0.2) is 0 Å². The number of unbranched alkanes of at least 4 members (excludes halogenated alkanes) is 1. The fraction of sp³-hybridized carbons (Fsp3) is 0.929. The zero-order valence-corrected chi connectivity index (χ0v) is 12.0. The Kier molecular flexibility index (Phi) is 6.38. The molecule has 0 aromatic rings. The van der Waals surface area contributed by atoms with Crippen LogP contribution in [0.5, 0.6) is 0 Å². The molecule has 0 aromatic heterocycles. The number of rotatable bonds is 4. The molecule has 0 aromatic carbocycles. The van der Waals surface area contributed by atoms with E-state index in [2.05, 4.69) is 37.9 Å². The van der Waals surface area contributed by atoms with Crippen molar-refractivity contribution in [3.63, 3.8) is 0 Å². The highest BCUT2D eigenvalue weighted by molar-refractivity contribution is 5.80. The second-order valence-corrected chi connectivity index (χ2v) is 5.44. The van der Waals surface area contributed by atoms with E-state index in [0.717, 1.165) is 44.0 Å². The summed E-state index contributed by atoms with van der Waals surface area (Å²) in [4.78, 5) is 7.17. The van der Waals surface area contributed by atoms with Crippen LogP contribution >= 0.6 is 0 Å². The summed E-state index contributed by atoms with van der Waals surface area (Å²) in [7, 11) is 0. The normalized spacial score (nSPS) is 26.1. The quantitative estimate of drug-likeness (QED) is 0.464. The van der Waals surface area contributed by atoms with Gasteiger partial charge in [-0.3, -0.25) is 4.99 Å². The molecule has 1 rings (SSSR count). The van der Waals surface area contributed by atoms with Crippen molar-refractivity contribution in [3.8, 4) is 0 Å². The lowest BCUT2D eigenvalue weighted by molar-refractivity contribution is 0.208. The van der Waals surface area contributed by atoms with E-state index in [9.17, 15) is 0 Å². The maximum atomic E-state index is 4.73. The molecular weight excluding hydrogens is 210 g/mol. The molecule has 2 atom stereocenters. The summed E-state index contributed by atoms with van der Waals surface area (Å²) < 4.78 is 0. The van der Waals surface area contributed by atoms with Gasteiger partial charge in [-0.1, -0.05) is 27.2 Å². The van der Waals surface area contributed by atoms with Crippen molar-refractivity contribution in [2.45, 2.75) is 47.0 Å². The molecule has 0 radical (unpaired) electrons. The molecule has 0 amide bonds. The SMILES string of the molecule is CCCCN=C(NCC)N1CC(C)CC(C)C1. The predicted octanol–water partition coefficient (Wildman–Crippen LogP) is 2.73. The van der Waals surface area contributed by atoms with Crippen molar-refractivity contribution in [1.29, 1.82) is 0 Å². The second kappa shape index (κ2) is 7.57. The number of guanidine groups is 1. The standard InChI is InChI=1S/C14H29N3/c1-5-7-8-16-14(15-6-2)17-10-12(3)9-13(4)11-17/h12-13H,5-11H2,1-4H3,(H,15,16). The van der Waals surface area contributed by atoms with Crippen LogP contribution in [-0.2, 0) is 0 Å². The Morgan fingerprint density at radius 3 is 2.41 bits per heavy atom. The predicted molar refractivity (Wildman–Crippen MR) is 75.4 cm³/mol. The van der Waals surface area contributed by atoms with Crippen molar-refractivity contribution < 1.29 is 0 Å². The van der Waals surface area contributed by atoms with Crippen LogP contribution in [0.2, 0.25) is 0 Å². The van der Waals surface area contributed by atoms with E-state index < -0.39 is 0 Å². The van der Waals surface area contributed by atoms with Gasteiger partial charge in [-0.2, -0.15) is 0 Å². The lowest BCUT2D eigenvalue weighted by Gasteiger charge is -2.37. The number of nitrogens with one attached hydrogen (secondary N) is 1. The molecule has 0 aliphatic carbocycles. The van der Waals surface area contributed by atoms with Gasteiger partial charge < -0.3 is 10.2 Å². The van der Waals surface area contributed by atoms with E-state index in [4.69, 9.17) is 4.99 Å². The zero-order chi connectivity index (χ0) is 12.7. The first-order valence-electron chi connectivity index (χ1n) is 7.20. The maximum Gasteiger partial charge on any atom is 0.193 e. The molecule has 1 fully saturated rings. The third kappa shape index (κ3) is 4.97. The van der Waals surface area contributed by atoms with Crippen molar-refractivity contribution in [2.75, 3.05) is 26.2 Å². The minimum Gasteiger partial charge on any atom is -0.357 e. The molecule has 1 N–H and O–H groups in total. The Labute approximate surface area is 107 Å². The molecule has 100 valence electrons. The van der Waals surface area contributed by atoms with E-state index in [1.165, 1.54) is 19.3 Å². The molecule has 1 aliphatic rings. The molecule has 1 saturated heterocycles. The van der Waals surface area contributed by atoms with Crippen LogP contribution in [0.25, 0.3) is 0 Å². The Morgan fingerprint density at radius 2 is 1.88 bits per heavy atom. The summed E-state index contributed by atoms with van der Waals surface area (Å²) in [5.41, 5.74) is 0. The number of likely N-dealkylation sites (tertiary alicyclic amines) is 1. The van der Waals surface area contributed by atoms with Gasteiger partial charge in [0.05, 0.1) is 0 Å². The molecule has 2 unspecified atom stereocenters. The van der Waals surface area contributed by atoms with E-state index >= 15 is 0 Å². The van der Waals surface area contributed by atoms with Gasteiger partial charge in [0.1, 0.15) is 0 Å². The number of aliphatic imine (C=N–C) groups is 1. The fourth-order valence-electron chi connectivity index (χ4n) is 2.60. The molecule has 17 heavy (non-hydrogen) atoms. The van der Waals surface area contributed by atoms with E-state index in [0.29, 0.717) is 0 Å². The monoisotopic (exact) mass is 239 g/mol. The van der Waals surface area contributed by atoms with Gasteiger partial charge in [0, 0.05) is 26.2 Å². The van der Waals surface area contributed by atoms with Crippen LogP contribution in [0.15, 0.2) is 4.99 Å². The molecular formula is C14H29N3. The van der Waals surface area contributed by atoms with Crippen molar-refractivity contribution in [1.82, 2.24) is 10.2 Å². The number of hydrogen-bond acceptors (Lipinski definition) is 1. The van der Waals surface area contributed by atoms with Crippen molar-refractivity contribution >= 4 is 5.96 Å². The number of piperidine rings is 1. The third-order valence-electron chi connectivity index (χ3n) is 3.28. The third-order valence-corrected chi connectivity index (χ3v) is 3.28. The van der Waals surface area contributed by atoms with Crippen LogP contribution in [0.1, 0.15) is 47.0 Å². The molecule has 0 saturated carbocycles. The number of hydrogen-bond donors (Lipinski definition) is 1. The Hall–Kier alpha value is -0.730. The van der Waals surface area contributed by atoms with Crippen molar-refractivity contribution in [2.24, 2.45) is 16.8 Å². The Morgan fingerprint density at radius 1 is 1.24 bits per heavy atom. The molecule has 1 heterocycles. The topological polar surface area (TPSA) is 27.6 Å². The van der Waals surface area contributed by atoms with Gasteiger partial charge in [0.2, 0.25) is 0 Å². The average Bonchev–Trinajstić information content (AvgIpc) is 2.27. The van der Waals surface area contributed by atoms with E-state index in [1.54, 1.807) is 0 Å². The minimum absolute atomic E-state index is 0.786. The van der Waals surface area contributed by atoms with Crippen LogP contribution in [0.3, 0.4) is 0 Å². The summed E-state index contributed by atoms with van der Waals surface area (Å²) >= 11 is 0. The maximum absolute atomic E-state index is 4.73. The largest absolute Gasteiger partial charge is 0.357 e. The van der Waals surface area contributed by atoms with Crippen LogP contribution in [0, 0.1) is 11.8 Å². The molecule has 0 spiro atoms. The summed E-state index contributed by atoms with van der Waals surface area (Å²) in [6, 6.07) is 0. The van der Waals surface area contributed by atoms with Crippen LogP contribution < -0.4 is 5.32 Å².